The summed E-state index contributed by atoms with van der Waals surface area (Å²) >= 11 is 5.36. The lowest BCUT2D eigenvalue weighted by Crippen LogP contribution is -2.27. The second kappa shape index (κ2) is 6.91. The maximum Gasteiger partial charge on any atom is 0.0701 e. The fraction of sp³-hybridized carbons (Fsp3) is 0.714. The third-order valence-corrected chi connectivity index (χ3v) is 5.43. The number of rotatable bonds is 5. The van der Waals surface area contributed by atoms with Crippen molar-refractivity contribution in [1.29, 1.82) is 0 Å². The minimum Gasteiger partial charge on any atom is -0.316 e. The average molecular weight is 316 g/mol. The number of hydrogen-bond acceptors (Lipinski definition) is 2. The summed E-state index contributed by atoms with van der Waals surface area (Å²) in [7, 11) is 0. The van der Waals surface area contributed by atoms with Crippen LogP contribution in [0, 0.1) is 11.8 Å². The van der Waals surface area contributed by atoms with Crippen LogP contribution in [0.4, 0.5) is 0 Å². The highest BCUT2D eigenvalue weighted by atomic mass is 79.9. The normalized spacial score (nSPS) is 25.1. The second-order valence-electron chi connectivity index (χ2n) is 5.29. The summed E-state index contributed by atoms with van der Waals surface area (Å²) in [5, 5.41) is 3.62. The van der Waals surface area contributed by atoms with Gasteiger partial charge in [-0.3, -0.25) is 0 Å². The van der Waals surface area contributed by atoms with Crippen molar-refractivity contribution in [2.24, 2.45) is 11.8 Å². The lowest BCUT2D eigenvalue weighted by atomic mass is 9.83. The number of nitrogens with one attached hydrogen (secondary N) is 1. The molecule has 0 saturated heterocycles. The van der Waals surface area contributed by atoms with E-state index in [1.165, 1.54) is 47.3 Å². The van der Waals surface area contributed by atoms with Crippen molar-refractivity contribution in [2.75, 3.05) is 13.1 Å². The largest absolute Gasteiger partial charge is 0.316 e. The highest BCUT2D eigenvalue weighted by Crippen LogP contribution is 2.27. The third-order valence-electron chi connectivity index (χ3n) is 3.75. The summed E-state index contributed by atoms with van der Waals surface area (Å²) in [6, 6.07) is 4.36. The highest BCUT2D eigenvalue weighted by Gasteiger charge is 2.17. The maximum atomic E-state index is 3.62. The summed E-state index contributed by atoms with van der Waals surface area (Å²) in [5.41, 5.74) is 0. The van der Waals surface area contributed by atoms with E-state index in [0.29, 0.717) is 0 Å². The Bertz CT molecular complexity index is 329. The third kappa shape index (κ3) is 4.72. The predicted octanol–water partition coefficient (Wildman–Crippen LogP) is 4.47. The first kappa shape index (κ1) is 13.6. The van der Waals surface area contributed by atoms with Gasteiger partial charge in [0.25, 0.3) is 0 Å². The van der Waals surface area contributed by atoms with Gasteiger partial charge in [0.15, 0.2) is 0 Å². The van der Waals surface area contributed by atoms with Crippen LogP contribution >= 0.6 is 27.3 Å². The lowest BCUT2D eigenvalue weighted by molar-refractivity contribution is 0.282. The van der Waals surface area contributed by atoms with Crippen LogP contribution in [0.5, 0.6) is 0 Å². The zero-order valence-electron chi connectivity index (χ0n) is 10.5. The molecule has 1 aliphatic rings. The van der Waals surface area contributed by atoms with Crippen molar-refractivity contribution in [3.8, 4) is 0 Å². The van der Waals surface area contributed by atoms with Crippen LogP contribution in [0.15, 0.2) is 15.9 Å². The van der Waals surface area contributed by atoms with Gasteiger partial charge in [-0.15, -0.1) is 11.3 Å². The molecule has 0 amide bonds. The molecule has 96 valence electrons. The van der Waals surface area contributed by atoms with Gasteiger partial charge in [0.2, 0.25) is 0 Å². The zero-order valence-corrected chi connectivity index (χ0v) is 12.9. The maximum absolute atomic E-state index is 3.62. The average Bonchev–Trinajstić information content (AvgIpc) is 2.73. The van der Waals surface area contributed by atoms with Crippen molar-refractivity contribution in [2.45, 2.75) is 39.0 Å². The summed E-state index contributed by atoms with van der Waals surface area (Å²) < 4.78 is 1.24. The molecule has 0 unspecified atom stereocenters. The molecule has 1 nitrogen and oxygen atoms in total. The minimum absolute atomic E-state index is 0.932. The Morgan fingerprint density at radius 3 is 2.71 bits per heavy atom. The van der Waals surface area contributed by atoms with E-state index >= 15 is 0 Å². The minimum atomic E-state index is 0.932. The van der Waals surface area contributed by atoms with Gasteiger partial charge in [-0.05, 0) is 72.3 Å². The zero-order chi connectivity index (χ0) is 12.1. The number of halogens is 1. The monoisotopic (exact) mass is 315 g/mol. The molecular formula is C14H22BrNS. The smallest absolute Gasteiger partial charge is 0.0701 e. The van der Waals surface area contributed by atoms with Crippen molar-refractivity contribution in [3.05, 3.63) is 20.8 Å². The standard InChI is InChI=1S/C14H22BrNS/c1-11-2-4-12(5-3-11)10-16-9-8-13-6-7-14(15)17-13/h6-7,11-12,16H,2-5,8-10H2,1H3. The van der Waals surface area contributed by atoms with E-state index in [2.05, 4.69) is 40.3 Å². The molecule has 1 aromatic rings. The molecule has 1 aromatic heterocycles. The molecule has 2 rings (SSSR count). The van der Waals surface area contributed by atoms with Gasteiger partial charge in [0, 0.05) is 4.88 Å². The van der Waals surface area contributed by atoms with Crippen LogP contribution in [0.3, 0.4) is 0 Å². The summed E-state index contributed by atoms with van der Waals surface area (Å²) in [6.45, 7) is 4.73. The van der Waals surface area contributed by atoms with Gasteiger partial charge in [-0.1, -0.05) is 19.8 Å². The fourth-order valence-corrected chi connectivity index (χ4v) is 4.02. The van der Waals surface area contributed by atoms with Crippen LogP contribution in [0.25, 0.3) is 0 Å². The van der Waals surface area contributed by atoms with E-state index in [4.69, 9.17) is 0 Å². The SMILES string of the molecule is CC1CCC(CNCCc2ccc(Br)s2)CC1. The number of hydrogen-bond donors (Lipinski definition) is 1. The molecule has 0 spiro atoms. The van der Waals surface area contributed by atoms with E-state index in [1.54, 1.807) is 0 Å². The molecule has 3 heteroatoms. The van der Waals surface area contributed by atoms with Crippen molar-refractivity contribution in [1.82, 2.24) is 5.32 Å². The van der Waals surface area contributed by atoms with E-state index in [0.717, 1.165) is 18.4 Å². The van der Waals surface area contributed by atoms with Crippen molar-refractivity contribution in [3.63, 3.8) is 0 Å². The molecule has 0 aromatic carbocycles. The van der Waals surface area contributed by atoms with E-state index < -0.39 is 0 Å². The Morgan fingerprint density at radius 1 is 1.29 bits per heavy atom. The van der Waals surface area contributed by atoms with Crippen LogP contribution in [-0.4, -0.2) is 13.1 Å². The summed E-state index contributed by atoms with van der Waals surface area (Å²) in [6.07, 6.45) is 6.89. The lowest BCUT2D eigenvalue weighted by Gasteiger charge is -2.26. The Labute approximate surface area is 117 Å². The molecule has 17 heavy (non-hydrogen) atoms. The van der Waals surface area contributed by atoms with Gasteiger partial charge in [0.05, 0.1) is 3.79 Å². The highest BCUT2D eigenvalue weighted by molar-refractivity contribution is 9.11. The summed E-state index contributed by atoms with van der Waals surface area (Å²) in [5.74, 6) is 1.90. The molecule has 1 aliphatic carbocycles. The second-order valence-corrected chi connectivity index (χ2v) is 7.83. The molecule has 1 heterocycles. The fourth-order valence-electron chi connectivity index (χ4n) is 2.54. The van der Waals surface area contributed by atoms with Crippen molar-refractivity contribution >= 4 is 27.3 Å². The van der Waals surface area contributed by atoms with Gasteiger partial charge in [0.1, 0.15) is 0 Å². The molecule has 1 fully saturated rings. The first-order valence-corrected chi connectivity index (χ1v) is 8.30. The molecule has 0 aliphatic heterocycles. The number of thiophene rings is 1. The molecule has 1 N–H and O–H groups in total. The summed E-state index contributed by atoms with van der Waals surface area (Å²) in [4.78, 5) is 1.47. The first-order chi connectivity index (χ1) is 8.24. The Kier molecular flexibility index (Phi) is 5.51. The Balaban J connectivity index is 1.57. The quantitative estimate of drug-likeness (QED) is 0.790. The van der Waals surface area contributed by atoms with Crippen LogP contribution < -0.4 is 5.32 Å². The molecule has 0 radical (unpaired) electrons. The van der Waals surface area contributed by atoms with Crippen LogP contribution in [-0.2, 0) is 6.42 Å². The molecular weight excluding hydrogens is 294 g/mol. The van der Waals surface area contributed by atoms with Crippen molar-refractivity contribution < 1.29 is 0 Å². The molecule has 0 atom stereocenters. The molecule has 0 bridgehead atoms. The van der Waals surface area contributed by atoms with Gasteiger partial charge in [-0.2, -0.15) is 0 Å². The predicted molar refractivity (Wildman–Crippen MR) is 79.7 cm³/mol. The van der Waals surface area contributed by atoms with Crippen LogP contribution in [0.1, 0.15) is 37.5 Å². The van der Waals surface area contributed by atoms with E-state index in [-0.39, 0.29) is 0 Å². The van der Waals surface area contributed by atoms with E-state index in [1.807, 2.05) is 11.3 Å². The Hall–Kier alpha value is 0.140. The first-order valence-electron chi connectivity index (χ1n) is 6.69. The van der Waals surface area contributed by atoms with Gasteiger partial charge >= 0.3 is 0 Å². The van der Waals surface area contributed by atoms with Gasteiger partial charge in [-0.25, -0.2) is 0 Å². The van der Waals surface area contributed by atoms with E-state index in [9.17, 15) is 0 Å². The topological polar surface area (TPSA) is 12.0 Å². The molecule has 1 saturated carbocycles. The Morgan fingerprint density at radius 2 is 2.06 bits per heavy atom. The van der Waals surface area contributed by atoms with Gasteiger partial charge < -0.3 is 5.32 Å². The van der Waals surface area contributed by atoms with Crippen LogP contribution in [0.2, 0.25) is 0 Å².